The molecule has 0 N–H and O–H groups in total. The van der Waals surface area contributed by atoms with Gasteiger partial charge >= 0.3 is 5.97 Å². The molecule has 1 unspecified atom stereocenters. The highest BCUT2D eigenvalue weighted by atomic mass is 31.2. The zero-order valence-corrected chi connectivity index (χ0v) is 10.7. The molecule has 0 aromatic carbocycles. The Morgan fingerprint density at radius 1 is 1.20 bits per heavy atom. The molecule has 0 spiro atoms. The van der Waals surface area contributed by atoms with Gasteiger partial charge in [-0.3, -0.25) is 9.36 Å². The Bertz CT molecular complexity index is 227. The average Bonchev–Trinajstić information content (AvgIpc) is 2.15. The summed E-state index contributed by atoms with van der Waals surface area (Å²) in [7, 11) is -2.80. The van der Waals surface area contributed by atoms with Crippen LogP contribution < -0.4 is 0 Å². The number of ether oxygens (including phenoxy) is 1. The van der Waals surface area contributed by atoms with Gasteiger partial charge in [0.2, 0.25) is 7.37 Å². The van der Waals surface area contributed by atoms with Crippen LogP contribution in [0.3, 0.4) is 0 Å². The molecule has 0 aromatic heterocycles. The van der Waals surface area contributed by atoms with Crippen molar-refractivity contribution in [2.45, 2.75) is 33.6 Å². The van der Waals surface area contributed by atoms with Crippen LogP contribution in [-0.2, 0) is 18.6 Å². The highest BCUT2D eigenvalue weighted by molar-refractivity contribution is 7.59. The third-order valence-corrected chi connectivity index (χ3v) is 4.36. The number of carbonyl (C=O) groups excluding carboxylic acids is 1. The van der Waals surface area contributed by atoms with Gasteiger partial charge in [-0.05, 0) is 20.3 Å². The lowest BCUT2D eigenvalue weighted by molar-refractivity contribution is -0.140. The largest absolute Gasteiger partial charge is 0.466 e. The van der Waals surface area contributed by atoms with Crippen LogP contribution in [0.4, 0.5) is 0 Å². The Kier molecular flexibility index (Phi) is 7.71. The molecule has 0 fully saturated rings. The molecular formula is C10H21O4P. The van der Waals surface area contributed by atoms with Gasteiger partial charge in [-0.15, -0.1) is 0 Å². The van der Waals surface area contributed by atoms with E-state index in [1.54, 1.807) is 13.8 Å². The second kappa shape index (κ2) is 7.89. The molecule has 15 heavy (non-hydrogen) atoms. The summed E-state index contributed by atoms with van der Waals surface area (Å²) in [6, 6.07) is 0. The molecule has 0 heterocycles. The van der Waals surface area contributed by atoms with E-state index in [-0.39, 0.29) is 6.16 Å². The van der Waals surface area contributed by atoms with E-state index in [1.165, 1.54) is 0 Å². The first-order valence-electron chi connectivity index (χ1n) is 5.46. The number of rotatable bonds is 8. The molecule has 0 aliphatic carbocycles. The van der Waals surface area contributed by atoms with Gasteiger partial charge in [-0.2, -0.15) is 0 Å². The Balaban J connectivity index is 4.23. The molecule has 4 nitrogen and oxygen atoms in total. The van der Waals surface area contributed by atoms with E-state index in [2.05, 4.69) is 0 Å². The van der Waals surface area contributed by atoms with Gasteiger partial charge in [0.15, 0.2) is 0 Å². The van der Waals surface area contributed by atoms with Gasteiger partial charge in [0.25, 0.3) is 0 Å². The average molecular weight is 236 g/mol. The van der Waals surface area contributed by atoms with Gasteiger partial charge < -0.3 is 9.26 Å². The van der Waals surface area contributed by atoms with Crippen molar-refractivity contribution in [1.29, 1.82) is 0 Å². The van der Waals surface area contributed by atoms with Gasteiger partial charge in [-0.25, -0.2) is 0 Å². The normalized spacial score (nSPS) is 14.6. The highest BCUT2D eigenvalue weighted by Gasteiger charge is 2.26. The number of carbonyl (C=O) groups is 1. The predicted octanol–water partition coefficient (Wildman–Crippen LogP) is 2.66. The van der Waals surface area contributed by atoms with Gasteiger partial charge in [0, 0.05) is 6.16 Å². The smallest absolute Gasteiger partial charge is 0.315 e. The third kappa shape index (κ3) is 6.69. The Hall–Kier alpha value is -0.340. The minimum Gasteiger partial charge on any atom is -0.466 e. The molecule has 1 atom stereocenters. The summed E-state index contributed by atoms with van der Waals surface area (Å²) < 4.78 is 22.1. The minimum absolute atomic E-state index is 0.0886. The number of esters is 1. The first-order chi connectivity index (χ1) is 7.08. The zero-order chi connectivity index (χ0) is 11.7. The van der Waals surface area contributed by atoms with Crippen molar-refractivity contribution in [3.63, 3.8) is 0 Å². The van der Waals surface area contributed by atoms with Gasteiger partial charge in [0.05, 0.1) is 13.2 Å². The lowest BCUT2D eigenvalue weighted by atomic mass is 10.4. The SMILES string of the molecule is CCCCP(=O)(CC(=O)OCC)OCC. The molecule has 90 valence electrons. The van der Waals surface area contributed by atoms with Crippen molar-refractivity contribution in [2.24, 2.45) is 0 Å². The first-order valence-corrected chi connectivity index (χ1v) is 7.45. The summed E-state index contributed by atoms with van der Waals surface area (Å²) in [4.78, 5) is 11.2. The van der Waals surface area contributed by atoms with E-state index in [0.29, 0.717) is 19.4 Å². The highest BCUT2D eigenvalue weighted by Crippen LogP contribution is 2.47. The van der Waals surface area contributed by atoms with Crippen LogP contribution in [0, 0.1) is 0 Å². The molecule has 0 rings (SSSR count). The number of unbranched alkanes of at least 4 members (excludes halogenated alkanes) is 1. The quantitative estimate of drug-likeness (QED) is 0.480. The maximum absolute atomic E-state index is 12.1. The van der Waals surface area contributed by atoms with Crippen LogP contribution in [0.1, 0.15) is 33.6 Å². The van der Waals surface area contributed by atoms with E-state index in [9.17, 15) is 9.36 Å². The van der Waals surface area contributed by atoms with Crippen LogP contribution in [0.5, 0.6) is 0 Å². The van der Waals surface area contributed by atoms with Crippen molar-refractivity contribution in [1.82, 2.24) is 0 Å². The van der Waals surface area contributed by atoms with E-state index >= 15 is 0 Å². The van der Waals surface area contributed by atoms with E-state index < -0.39 is 13.3 Å². The first kappa shape index (κ1) is 14.7. The summed E-state index contributed by atoms with van der Waals surface area (Å²) in [5, 5.41) is 0. The van der Waals surface area contributed by atoms with Crippen LogP contribution in [0.15, 0.2) is 0 Å². The standard InChI is InChI=1S/C10H21O4P/c1-4-7-8-15(12,14-6-3)9-10(11)13-5-2/h4-9H2,1-3H3. The maximum Gasteiger partial charge on any atom is 0.315 e. The summed E-state index contributed by atoms with van der Waals surface area (Å²) in [5.41, 5.74) is 0. The Labute approximate surface area is 91.8 Å². The second-order valence-corrected chi connectivity index (χ2v) is 5.92. The van der Waals surface area contributed by atoms with E-state index in [1.807, 2.05) is 6.92 Å². The van der Waals surface area contributed by atoms with Crippen molar-refractivity contribution in [3.05, 3.63) is 0 Å². The fourth-order valence-electron chi connectivity index (χ4n) is 1.23. The topological polar surface area (TPSA) is 52.6 Å². The molecule has 0 bridgehead atoms. The van der Waals surface area contributed by atoms with Gasteiger partial charge in [-0.1, -0.05) is 13.3 Å². The van der Waals surface area contributed by atoms with E-state index in [4.69, 9.17) is 9.26 Å². The lowest BCUT2D eigenvalue weighted by Gasteiger charge is -2.16. The van der Waals surface area contributed by atoms with Crippen molar-refractivity contribution in [2.75, 3.05) is 25.5 Å². The summed E-state index contributed by atoms with van der Waals surface area (Å²) in [5.74, 6) is -0.426. The monoisotopic (exact) mass is 236 g/mol. The predicted molar refractivity (Wildman–Crippen MR) is 60.5 cm³/mol. The van der Waals surface area contributed by atoms with Crippen molar-refractivity contribution >= 4 is 13.3 Å². The lowest BCUT2D eigenvalue weighted by Crippen LogP contribution is -2.13. The fourth-order valence-corrected chi connectivity index (χ4v) is 3.36. The van der Waals surface area contributed by atoms with Crippen LogP contribution in [-0.4, -0.2) is 31.5 Å². The molecular weight excluding hydrogens is 215 g/mol. The summed E-state index contributed by atoms with van der Waals surface area (Å²) in [6.07, 6.45) is 2.14. The minimum atomic E-state index is -2.80. The number of hydrogen-bond donors (Lipinski definition) is 0. The molecule has 0 saturated carbocycles. The molecule has 0 radical (unpaired) electrons. The fraction of sp³-hybridized carbons (Fsp3) is 0.900. The molecule has 0 saturated heterocycles. The second-order valence-electron chi connectivity index (χ2n) is 3.27. The van der Waals surface area contributed by atoms with Crippen LogP contribution >= 0.6 is 7.37 Å². The Morgan fingerprint density at radius 3 is 2.33 bits per heavy atom. The van der Waals surface area contributed by atoms with E-state index in [0.717, 1.165) is 12.8 Å². The zero-order valence-electron chi connectivity index (χ0n) is 9.82. The van der Waals surface area contributed by atoms with Crippen LogP contribution in [0.25, 0.3) is 0 Å². The van der Waals surface area contributed by atoms with Gasteiger partial charge in [0.1, 0.15) is 6.16 Å². The molecule has 0 amide bonds. The molecule has 0 aliphatic heterocycles. The van der Waals surface area contributed by atoms with Crippen molar-refractivity contribution in [3.8, 4) is 0 Å². The molecule has 5 heteroatoms. The van der Waals surface area contributed by atoms with Crippen molar-refractivity contribution < 1.29 is 18.6 Å². The third-order valence-electron chi connectivity index (χ3n) is 1.89. The number of hydrogen-bond acceptors (Lipinski definition) is 4. The maximum atomic E-state index is 12.1. The Morgan fingerprint density at radius 2 is 1.87 bits per heavy atom. The summed E-state index contributed by atoms with van der Waals surface area (Å²) >= 11 is 0. The summed E-state index contributed by atoms with van der Waals surface area (Å²) in [6.45, 7) is 6.22. The van der Waals surface area contributed by atoms with Crippen LogP contribution in [0.2, 0.25) is 0 Å². The molecule has 0 aromatic rings. The molecule has 0 aliphatic rings.